The standard InChI is InChI=1S/C43H31BN2/c1-30-28-41-43-42(29-30)46(36-26-22-34(23-27-36)32-14-6-3-7-15-32)40-19-11-9-17-38(40)44(43)37-16-8-10-18-39(37)45(41)35-24-20-33(21-25-35)31-12-4-2-5-13-31/h2-29H,1H3/i8D,9D. The fourth-order valence-electron chi connectivity index (χ4n) is 7.33. The lowest BCUT2D eigenvalue weighted by atomic mass is 9.33. The number of anilines is 6. The molecule has 0 saturated carbocycles. The minimum atomic E-state index is -0.115. The third-order valence-electron chi connectivity index (χ3n) is 9.36. The van der Waals surface area contributed by atoms with Gasteiger partial charge in [0.2, 0.25) is 0 Å². The van der Waals surface area contributed by atoms with Gasteiger partial charge in [-0.1, -0.05) is 121 Å². The number of hydrogen-bond acceptors (Lipinski definition) is 2. The van der Waals surface area contributed by atoms with Crippen LogP contribution in [0.4, 0.5) is 34.1 Å². The molecule has 3 heteroatoms. The van der Waals surface area contributed by atoms with Gasteiger partial charge in [-0.2, -0.15) is 0 Å². The van der Waals surface area contributed by atoms with Gasteiger partial charge < -0.3 is 9.80 Å². The van der Waals surface area contributed by atoms with Crippen LogP contribution in [0.1, 0.15) is 8.30 Å². The van der Waals surface area contributed by atoms with Gasteiger partial charge in [-0.05, 0) is 99.7 Å². The fraction of sp³-hybridized carbons (Fsp3) is 0.0233. The molecule has 0 fully saturated rings. The maximum atomic E-state index is 8.71. The van der Waals surface area contributed by atoms with E-state index in [1.54, 1.807) is 0 Å². The summed E-state index contributed by atoms with van der Waals surface area (Å²) in [6, 6.07) is 56.1. The zero-order chi connectivity index (χ0) is 32.4. The summed E-state index contributed by atoms with van der Waals surface area (Å²) in [5.41, 5.74) is 15.8. The van der Waals surface area contributed by atoms with Crippen molar-refractivity contribution < 1.29 is 2.74 Å². The van der Waals surface area contributed by atoms with E-state index in [-0.39, 0.29) is 6.71 Å². The smallest absolute Gasteiger partial charge is 0.252 e. The normalized spacial score (nSPS) is 13.4. The van der Waals surface area contributed by atoms with Crippen LogP contribution < -0.4 is 26.2 Å². The van der Waals surface area contributed by atoms with Crippen LogP contribution in [0.15, 0.2) is 170 Å². The van der Waals surface area contributed by atoms with Crippen molar-refractivity contribution in [1.82, 2.24) is 0 Å². The van der Waals surface area contributed by atoms with Gasteiger partial charge in [-0.3, -0.25) is 0 Å². The van der Waals surface area contributed by atoms with Gasteiger partial charge in [0.05, 0.1) is 2.74 Å². The summed E-state index contributed by atoms with van der Waals surface area (Å²) >= 11 is 0. The first-order chi connectivity index (χ1) is 23.5. The van der Waals surface area contributed by atoms with Gasteiger partial charge in [0.15, 0.2) is 0 Å². The summed E-state index contributed by atoms with van der Waals surface area (Å²) in [5.74, 6) is 0. The molecule has 0 aromatic heterocycles. The van der Waals surface area contributed by atoms with Crippen LogP contribution in [-0.2, 0) is 0 Å². The van der Waals surface area contributed by atoms with Crippen molar-refractivity contribution in [2.24, 2.45) is 0 Å². The first-order valence-electron chi connectivity index (χ1n) is 16.8. The number of fused-ring (bicyclic) bond motifs is 4. The molecule has 216 valence electrons. The van der Waals surface area contributed by atoms with Gasteiger partial charge in [-0.15, -0.1) is 0 Å². The largest absolute Gasteiger partial charge is 0.311 e. The highest BCUT2D eigenvalue weighted by Crippen LogP contribution is 2.44. The molecule has 7 aromatic rings. The van der Waals surface area contributed by atoms with Crippen LogP contribution in [0.2, 0.25) is 0 Å². The second-order valence-corrected chi connectivity index (χ2v) is 12.1. The fourth-order valence-corrected chi connectivity index (χ4v) is 7.33. The van der Waals surface area contributed by atoms with Crippen molar-refractivity contribution >= 4 is 57.2 Å². The van der Waals surface area contributed by atoms with Crippen molar-refractivity contribution in [3.8, 4) is 22.3 Å². The van der Waals surface area contributed by atoms with Gasteiger partial charge in [-0.25, -0.2) is 0 Å². The van der Waals surface area contributed by atoms with E-state index in [0.717, 1.165) is 45.0 Å². The molecule has 2 nitrogen and oxygen atoms in total. The molecule has 9 rings (SSSR count). The van der Waals surface area contributed by atoms with E-state index in [9.17, 15) is 0 Å². The van der Waals surface area contributed by atoms with Gasteiger partial charge >= 0.3 is 0 Å². The molecular formula is C43H31BN2. The first kappa shape index (κ1) is 24.5. The summed E-state index contributed by atoms with van der Waals surface area (Å²) < 4.78 is 17.4. The molecule has 0 unspecified atom stereocenters. The van der Waals surface area contributed by atoms with E-state index >= 15 is 0 Å². The number of nitrogens with zero attached hydrogens (tertiary/aromatic N) is 2. The Hall–Kier alpha value is -5.80. The van der Waals surface area contributed by atoms with Crippen LogP contribution in [0, 0.1) is 6.92 Å². The molecule has 7 aromatic carbocycles. The first-order valence-corrected chi connectivity index (χ1v) is 15.8. The molecule has 2 aliphatic heterocycles. The van der Waals surface area contributed by atoms with Crippen molar-refractivity contribution in [1.29, 1.82) is 0 Å². The highest BCUT2D eigenvalue weighted by Gasteiger charge is 2.43. The predicted molar refractivity (Wildman–Crippen MR) is 196 cm³/mol. The summed E-state index contributed by atoms with van der Waals surface area (Å²) in [4.78, 5) is 4.72. The molecule has 0 amide bonds. The van der Waals surface area contributed by atoms with Crippen LogP contribution >= 0.6 is 0 Å². The Kier molecular flexibility index (Phi) is 5.69. The van der Waals surface area contributed by atoms with E-state index in [1.807, 2.05) is 36.4 Å². The number of aryl methyl sites for hydroxylation is 1. The second kappa shape index (κ2) is 10.7. The van der Waals surface area contributed by atoms with Crippen LogP contribution in [0.5, 0.6) is 0 Å². The third-order valence-corrected chi connectivity index (χ3v) is 9.36. The van der Waals surface area contributed by atoms with Gasteiger partial charge in [0.25, 0.3) is 6.71 Å². The zero-order valence-corrected chi connectivity index (χ0v) is 25.5. The molecule has 0 aliphatic carbocycles. The summed E-state index contributed by atoms with van der Waals surface area (Å²) in [5, 5.41) is 0. The molecule has 46 heavy (non-hydrogen) atoms. The molecule has 0 saturated heterocycles. The summed E-state index contributed by atoms with van der Waals surface area (Å²) in [6.45, 7) is 2.06. The molecule has 0 atom stereocenters. The van der Waals surface area contributed by atoms with E-state index in [0.29, 0.717) is 12.1 Å². The molecule has 2 aliphatic rings. The van der Waals surface area contributed by atoms with Gasteiger partial charge in [0, 0.05) is 34.1 Å². The Balaban J connectivity index is 1.27. The predicted octanol–water partition coefficient (Wildman–Crippen LogP) is 9.41. The summed E-state index contributed by atoms with van der Waals surface area (Å²) in [6.07, 6.45) is 0. The maximum absolute atomic E-state index is 8.71. The zero-order valence-electron chi connectivity index (χ0n) is 27.5. The van der Waals surface area contributed by atoms with Gasteiger partial charge in [0.1, 0.15) is 0 Å². The average Bonchev–Trinajstić information content (AvgIpc) is 3.12. The Bertz CT molecular complexity index is 2160. The monoisotopic (exact) mass is 588 g/mol. The molecule has 0 spiro atoms. The van der Waals surface area contributed by atoms with Crippen LogP contribution in [0.25, 0.3) is 22.3 Å². The Labute approximate surface area is 273 Å². The molecular weight excluding hydrogens is 555 g/mol. The quantitative estimate of drug-likeness (QED) is 0.189. The van der Waals surface area contributed by atoms with E-state index in [2.05, 4.69) is 138 Å². The van der Waals surface area contributed by atoms with Crippen molar-refractivity contribution in [3.05, 3.63) is 175 Å². The highest BCUT2D eigenvalue weighted by atomic mass is 15.2. The molecule has 2 heterocycles. The molecule has 0 bridgehead atoms. The third kappa shape index (κ3) is 4.20. The Morgan fingerprint density at radius 1 is 0.435 bits per heavy atom. The summed E-state index contributed by atoms with van der Waals surface area (Å²) in [7, 11) is 0. The number of hydrogen-bond donors (Lipinski definition) is 0. The van der Waals surface area contributed by atoms with Crippen molar-refractivity contribution in [2.45, 2.75) is 6.92 Å². The maximum Gasteiger partial charge on any atom is 0.252 e. The highest BCUT2D eigenvalue weighted by molar-refractivity contribution is 7.00. The van der Waals surface area contributed by atoms with E-state index in [1.165, 1.54) is 33.3 Å². The SMILES string of the molecule is [2H]c1ccc2c(c1)B1c3cc([2H])ccc3N(c3ccc(-c4ccccc4)cc3)c3cc(C)cc(c31)N2c1ccc(-c2ccccc2)cc1. The lowest BCUT2D eigenvalue weighted by molar-refractivity contribution is 1.24. The molecule has 0 radical (unpaired) electrons. The Morgan fingerprint density at radius 3 is 1.28 bits per heavy atom. The molecule has 0 N–H and O–H groups in total. The number of rotatable bonds is 4. The minimum Gasteiger partial charge on any atom is -0.311 e. The lowest BCUT2D eigenvalue weighted by Gasteiger charge is -2.44. The van der Waals surface area contributed by atoms with E-state index in [4.69, 9.17) is 2.74 Å². The van der Waals surface area contributed by atoms with Crippen LogP contribution in [0.3, 0.4) is 0 Å². The average molecular weight is 589 g/mol. The number of benzene rings is 7. The van der Waals surface area contributed by atoms with Crippen molar-refractivity contribution in [2.75, 3.05) is 9.80 Å². The lowest BCUT2D eigenvalue weighted by Crippen LogP contribution is -2.61. The Morgan fingerprint density at radius 2 is 0.848 bits per heavy atom. The topological polar surface area (TPSA) is 6.48 Å². The van der Waals surface area contributed by atoms with Crippen LogP contribution in [-0.4, -0.2) is 6.71 Å². The second-order valence-electron chi connectivity index (χ2n) is 12.1. The minimum absolute atomic E-state index is 0.115. The number of para-hydroxylation sites is 2. The van der Waals surface area contributed by atoms with Crippen molar-refractivity contribution in [3.63, 3.8) is 0 Å². The van der Waals surface area contributed by atoms with E-state index < -0.39 is 0 Å².